The van der Waals surface area contributed by atoms with Gasteiger partial charge in [-0.25, -0.2) is 0 Å². The molecule has 2 aromatic carbocycles. The van der Waals surface area contributed by atoms with Gasteiger partial charge in [-0.05, 0) is 30.7 Å². The first-order valence-corrected chi connectivity index (χ1v) is 6.76. The Kier molecular flexibility index (Phi) is 5.16. The fourth-order valence-corrected chi connectivity index (χ4v) is 1.89. The molecule has 0 saturated heterocycles. The molecule has 0 aliphatic carbocycles. The van der Waals surface area contributed by atoms with Crippen LogP contribution in [-0.4, -0.2) is 12.4 Å². The topological polar surface area (TPSA) is 35.5 Å². The van der Waals surface area contributed by atoms with Crippen LogP contribution in [0.25, 0.3) is 0 Å². The van der Waals surface area contributed by atoms with E-state index in [1.165, 1.54) is 6.92 Å². The van der Waals surface area contributed by atoms with Crippen molar-refractivity contribution in [2.45, 2.75) is 13.5 Å². The van der Waals surface area contributed by atoms with Crippen molar-refractivity contribution in [3.63, 3.8) is 0 Å². The molecule has 0 heterocycles. The molecule has 0 bridgehead atoms. The van der Waals surface area contributed by atoms with Crippen molar-refractivity contribution in [1.29, 1.82) is 0 Å². The largest absolute Gasteiger partial charge is 0.489 e. The SMILES string of the molecule is C=CCOc1ccc(OCc2ccccc2)cc1C(C)=O. The van der Waals surface area contributed by atoms with Crippen LogP contribution in [0.1, 0.15) is 22.8 Å². The van der Waals surface area contributed by atoms with E-state index in [0.29, 0.717) is 30.3 Å². The van der Waals surface area contributed by atoms with Gasteiger partial charge in [0.2, 0.25) is 0 Å². The maximum Gasteiger partial charge on any atom is 0.163 e. The predicted molar refractivity (Wildman–Crippen MR) is 82.9 cm³/mol. The molecule has 0 aliphatic heterocycles. The number of carbonyl (C=O) groups is 1. The van der Waals surface area contributed by atoms with Gasteiger partial charge < -0.3 is 9.47 Å². The van der Waals surface area contributed by atoms with Gasteiger partial charge >= 0.3 is 0 Å². The lowest BCUT2D eigenvalue weighted by atomic mass is 10.1. The molecule has 3 nitrogen and oxygen atoms in total. The first-order valence-electron chi connectivity index (χ1n) is 6.76. The van der Waals surface area contributed by atoms with E-state index < -0.39 is 0 Å². The molecule has 0 aromatic heterocycles. The summed E-state index contributed by atoms with van der Waals surface area (Å²) < 4.78 is 11.2. The van der Waals surface area contributed by atoms with E-state index in [0.717, 1.165) is 5.56 Å². The monoisotopic (exact) mass is 282 g/mol. The number of hydrogen-bond acceptors (Lipinski definition) is 3. The van der Waals surface area contributed by atoms with Crippen LogP contribution in [-0.2, 0) is 6.61 Å². The third kappa shape index (κ3) is 4.21. The molecule has 0 radical (unpaired) electrons. The Labute approximate surface area is 124 Å². The summed E-state index contributed by atoms with van der Waals surface area (Å²) in [6.45, 7) is 5.94. The van der Waals surface area contributed by atoms with Crippen LogP contribution in [0.5, 0.6) is 11.5 Å². The zero-order valence-electron chi connectivity index (χ0n) is 12.0. The van der Waals surface area contributed by atoms with Crippen LogP contribution in [0, 0.1) is 0 Å². The smallest absolute Gasteiger partial charge is 0.163 e. The first-order chi connectivity index (χ1) is 10.2. The molecule has 108 valence electrons. The van der Waals surface area contributed by atoms with Gasteiger partial charge in [-0.15, -0.1) is 0 Å². The number of ketones is 1. The van der Waals surface area contributed by atoms with Crippen LogP contribution in [0.3, 0.4) is 0 Å². The highest BCUT2D eigenvalue weighted by atomic mass is 16.5. The van der Waals surface area contributed by atoms with Crippen LogP contribution in [0.15, 0.2) is 61.2 Å². The molecule has 0 atom stereocenters. The van der Waals surface area contributed by atoms with Crippen molar-refractivity contribution in [2.24, 2.45) is 0 Å². The first kappa shape index (κ1) is 14.9. The second-order valence-electron chi connectivity index (χ2n) is 4.59. The minimum Gasteiger partial charge on any atom is -0.489 e. The molecule has 0 aliphatic rings. The number of ether oxygens (including phenoxy) is 2. The van der Waals surface area contributed by atoms with E-state index in [1.54, 1.807) is 24.3 Å². The van der Waals surface area contributed by atoms with E-state index in [4.69, 9.17) is 9.47 Å². The molecule has 0 N–H and O–H groups in total. The summed E-state index contributed by atoms with van der Waals surface area (Å²) in [6.07, 6.45) is 1.64. The van der Waals surface area contributed by atoms with Gasteiger partial charge in [-0.3, -0.25) is 4.79 Å². The summed E-state index contributed by atoms with van der Waals surface area (Å²) in [5.41, 5.74) is 1.59. The lowest BCUT2D eigenvalue weighted by molar-refractivity contribution is 0.101. The highest BCUT2D eigenvalue weighted by Crippen LogP contribution is 2.25. The minimum absolute atomic E-state index is 0.0563. The van der Waals surface area contributed by atoms with Crippen molar-refractivity contribution in [2.75, 3.05) is 6.61 Å². The van der Waals surface area contributed by atoms with Gasteiger partial charge in [0.05, 0.1) is 5.56 Å². The molecule has 21 heavy (non-hydrogen) atoms. The van der Waals surface area contributed by atoms with E-state index in [9.17, 15) is 4.79 Å². The molecule has 0 unspecified atom stereocenters. The number of rotatable bonds is 7. The summed E-state index contributed by atoms with van der Waals surface area (Å²) in [5.74, 6) is 1.14. The van der Waals surface area contributed by atoms with E-state index in [-0.39, 0.29) is 5.78 Å². The third-order valence-corrected chi connectivity index (χ3v) is 2.94. The quantitative estimate of drug-likeness (QED) is 0.568. The van der Waals surface area contributed by atoms with E-state index in [1.807, 2.05) is 30.3 Å². The molecular formula is C18H18O3. The van der Waals surface area contributed by atoms with Gasteiger partial charge in [-0.1, -0.05) is 43.0 Å². The molecule has 0 fully saturated rings. The van der Waals surface area contributed by atoms with Crippen LogP contribution < -0.4 is 9.47 Å². The molecule has 0 saturated carbocycles. The molecule has 0 amide bonds. The van der Waals surface area contributed by atoms with Gasteiger partial charge in [0.1, 0.15) is 24.7 Å². The molecule has 0 spiro atoms. The van der Waals surface area contributed by atoms with E-state index in [2.05, 4.69) is 6.58 Å². The zero-order valence-corrected chi connectivity index (χ0v) is 12.0. The molecular weight excluding hydrogens is 264 g/mol. The van der Waals surface area contributed by atoms with Crippen molar-refractivity contribution >= 4 is 5.78 Å². The Morgan fingerprint density at radius 2 is 1.90 bits per heavy atom. The van der Waals surface area contributed by atoms with Crippen LogP contribution >= 0.6 is 0 Å². The second kappa shape index (κ2) is 7.29. The number of hydrogen-bond donors (Lipinski definition) is 0. The number of Topliss-reactive ketones (excluding diaryl/α,β-unsaturated/α-hetero) is 1. The van der Waals surface area contributed by atoms with Gasteiger partial charge in [0, 0.05) is 0 Å². The Morgan fingerprint density at radius 1 is 1.14 bits per heavy atom. The summed E-state index contributed by atoms with van der Waals surface area (Å²) >= 11 is 0. The van der Waals surface area contributed by atoms with Crippen LogP contribution in [0.4, 0.5) is 0 Å². The fourth-order valence-electron chi connectivity index (χ4n) is 1.89. The maximum absolute atomic E-state index is 11.7. The zero-order chi connectivity index (χ0) is 15.1. The summed E-state index contributed by atoms with van der Waals surface area (Å²) in [4.78, 5) is 11.7. The Morgan fingerprint density at radius 3 is 2.57 bits per heavy atom. The minimum atomic E-state index is -0.0563. The van der Waals surface area contributed by atoms with Crippen molar-refractivity contribution in [3.05, 3.63) is 72.3 Å². The normalized spacial score (nSPS) is 9.95. The maximum atomic E-state index is 11.7. The summed E-state index contributed by atoms with van der Waals surface area (Å²) in [7, 11) is 0. The van der Waals surface area contributed by atoms with Crippen molar-refractivity contribution < 1.29 is 14.3 Å². The van der Waals surface area contributed by atoms with Crippen LogP contribution in [0.2, 0.25) is 0 Å². The second-order valence-corrected chi connectivity index (χ2v) is 4.59. The lowest BCUT2D eigenvalue weighted by Crippen LogP contribution is -2.02. The van der Waals surface area contributed by atoms with Crippen molar-refractivity contribution in [1.82, 2.24) is 0 Å². The Hall–Kier alpha value is -2.55. The molecule has 3 heteroatoms. The van der Waals surface area contributed by atoms with Gasteiger partial charge in [-0.2, -0.15) is 0 Å². The van der Waals surface area contributed by atoms with Gasteiger partial charge in [0.15, 0.2) is 5.78 Å². The summed E-state index contributed by atoms with van der Waals surface area (Å²) in [6, 6.07) is 15.1. The average molecular weight is 282 g/mol. The Balaban J connectivity index is 2.12. The summed E-state index contributed by atoms with van der Waals surface area (Å²) in [5, 5.41) is 0. The number of benzene rings is 2. The standard InChI is InChI=1S/C18H18O3/c1-3-11-20-18-10-9-16(12-17(18)14(2)19)21-13-15-7-5-4-6-8-15/h3-10,12H,1,11,13H2,2H3. The van der Waals surface area contributed by atoms with E-state index >= 15 is 0 Å². The Bertz CT molecular complexity index is 618. The lowest BCUT2D eigenvalue weighted by Gasteiger charge is -2.11. The molecule has 2 rings (SSSR count). The van der Waals surface area contributed by atoms with Crippen molar-refractivity contribution in [3.8, 4) is 11.5 Å². The fraction of sp³-hybridized carbons (Fsp3) is 0.167. The van der Waals surface area contributed by atoms with Gasteiger partial charge in [0.25, 0.3) is 0 Å². The number of carbonyl (C=O) groups excluding carboxylic acids is 1. The highest BCUT2D eigenvalue weighted by molar-refractivity contribution is 5.97. The highest BCUT2D eigenvalue weighted by Gasteiger charge is 2.10. The average Bonchev–Trinajstić information content (AvgIpc) is 2.52. The molecule has 2 aromatic rings. The third-order valence-electron chi connectivity index (χ3n) is 2.94. The predicted octanol–water partition coefficient (Wildman–Crippen LogP) is 4.03.